The number of aromatic nitrogens is 1. The first-order valence-corrected chi connectivity index (χ1v) is 10.7. The number of aliphatic carboxylic acids is 1. The van der Waals surface area contributed by atoms with E-state index in [2.05, 4.69) is 4.99 Å². The van der Waals surface area contributed by atoms with Crippen LogP contribution >= 0.6 is 0 Å². The molecule has 2 heterocycles. The molecule has 184 valence electrons. The van der Waals surface area contributed by atoms with Gasteiger partial charge < -0.3 is 20.0 Å². The molecule has 1 atom stereocenters. The fraction of sp³-hybridized carbons (Fsp3) is 0.435. The highest BCUT2D eigenvalue weighted by Gasteiger charge is 2.38. The lowest BCUT2D eigenvalue weighted by atomic mass is 9.94. The van der Waals surface area contributed by atoms with Crippen LogP contribution in [0.5, 0.6) is 5.75 Å². The van der Waals surface area contributed by atoms with E-state index in [4.69, 9.17) is 9.84 Å². The summed E-state index contributed by atoms with van der Waals surface area (Å²) in [4.78, 5) is 28.7. The molecule has 0 spiro atoms. The largest absolute Gasteiger partial charge is 0.494 e. The van der Waals surface area contributed by atoms with Gasteiger partial charge in [-0.1, -0.05) is 6.07 Å². The number of ether oxygens (including phenoxy) is 1. The average molecular weight is 481 g/mol. The van der Waals surface area contributed by atoms with Gasteiger partial charge >= 0.3 is 12.1 Å². The number of rotatable bonds is 8. The minimum absolute atomic E-state index is 0.0473. The van der Waals surface area contributed by atoms with Crippen LogP contribution in [-0.4, -0.2) is 57.7 Å². The Morgan fingerprint density at radius 3 is 2.71 bits per heavy atom. The summed E-state index contributed by atoms with van der Waals surface area (Å²) in [6, 6.07) is 8.39. The maximum absolute atomic E-state index is 13.0. The van der Waals surface area contributed by atoms with E-state index in [-0.39, 0.29) is 19.6 Å². The standard InChI is InChI=1S/C23H26F3N3O5/c1-15-5-7-29(33)20(9-15)27-6-2-8-34-19-4-3-16-10-17(12-21(30)31)22(32)28(13-18(16)11-19)14-23(24,25)26/h3-5,7,9,11,17,33H,2,6,8,10,12-14H2,1H3,(H,30,31)/t17-/m0/s1. The molecule has 3 rings (SSSR count). The van der Waals surface area contributed by atoms with Crippen molar-refractivity contribution in [1.29, 1.82) is 0 Å². The maximum Gasteiger partial charge on any atom is 0.406 e. The van der Waals surface area contributed by atoms with Gasteiger partial charge in [0.2, 0.25) is 5.91 Å². The fourth-order valence-electron chi connectivity index (χ4n) is 3.80. The summed E-state index contributed by atoms with van der Waals surface area (Å²) in [6.07, 6.45) is -3.07. The minimum atomic E-state index is -4.60. The van der Waals surface area contributed by atoms with Crippen LogP contribution in [0.15, 0.2) is 41.5 Å². The summed E-state index contributed by atoms with van der Waals surface area (Å²) >= 11 is 0. The Labute approximate surface area is 193 Å². The highest BCUT2D eigenvalue weighted by Crippen LogP contribution is 2.30. The highest BCUT2D eigenvalue weighted by molar-refractivity contribution is 5.84. The van der Waals surface area contributed by atoms with Crippen LogP contribution < -0.4 is 10.2 Å². The molecule has 0 bridgehead atoms. The minimum Gasteiger partial charge on any atom is -0.494 e. The van der Waals surface area contributed by atoms with Crippen LogP contribution in [0.1, 0.15) is 29.5 Å². The number of fused-ring (bicyclic) bond motifs is 1. The van der Waals surface area contributed by atoms with Gasteiger partial charge in [0.25, 0.3) is 0 Å². The Morgan fingerprint density at radius 2 is 2.00 bits per heavy atom. The number of carboxylic acids is 1. The number of alkyl halides is 3. The number of carbonyl (C=O) groups is 2. The molecule has 0 aliphatic carbocycles. The van der Waals surface area contributed by atoms with E-state index in [9.17, 15) is 28.0 Å². The number of benzene rings is 1. The molecule has 34 heavy (non-hydrogen) atoms. The maximum atomic E-state index is 13.0. The van der Waals surface area contributed by atoms with Crippen molar-refractivity contribution in [3.63, 3.8) is 0 Å². The molecule has 0 radical (unpaired) electrons. The molecule has 0 fully saturated rings. The number of aryl methyl sites for hydroxylation is 1. The topological polar surface area (TPSA) is 104 Å². The summed E-state index contributed by atoms with van der Waals surface area (Å²) in [6.45, 7) is 0.831. The van der Waals surface area contributed by atoms with Crippen LogP contribution in [0.4, 0.5) is 13.2 Å². The number of pyridine rings is 1. The zero-order valence-corrected chi connectivity index (χ0v) is 18.6. The van der Waals surface area contributed by atoms with Crippen molar-refractivity contribution in [3.8, 4) is 5.75 Å². The van der Waals surface area contributed by atoms with Gasteiger partial charge in [0.15, 0.2) is 5.49 Å². The van der Waals surface area contributed by atoms with Gasteiger partial charge in [-0.2, -0.15) is 17.9 Å². The molecular weight excluding hydrogens is 455 g/mol. The van der Waals surface area contributed by atoms with Gasteiger partial charge in [-0.3, -0.25) is 14.6 Å². The molecule has 1 aromatic heterocycles. The lowest BCUT2D eigenvalue weighted by molar-refractivity contribution is -0.165. The normalized spacial score (nSPS) is 16.8. The fourth-order valence-corrected chi connectivity index (χ4v) is 3.80. The number of carboxylic acid groups (broad SMARTS) is 1. The Kier molecular flexibility index (Phi) is 7.85. The van der Waals surface area contributed by atoms with Crippen molar-refractivity contribution >= 4 is 11.9 Å². The van der Waals surface area contributed by atoms with Crippen molar-refractivity contribution < 1.29 is 37.8 Å². The number of hydrogen-bond acceptors (Lipinski definition) is 5. The van der Waals surface area contributed by atoms with Crippen molar-refractivity contribution in [2.75, 3.05) is 19.7 Å². The molecule has 1 aliphatic heterocycles. The summed E-state index contributed by atoms with van der Waals surface area (Å²) < 4.78 is 45.7. The van der Waals surface area contributed by atoms with Crippen LogP contribution in [0.3, 0.4) is 0 Å². The van der Waals surface area contributed by atoms with E-state index in [0.717, 1.165) is 10.3 Å². The number of hydrogen-bond donors (Lipinski definition) is 2. The Balaban J connectivity index is 1.68. The highest BCUT2D eigenvalue weighted by atomic mass is 19.4. The van der Waals surface area contributed by atoms with Gasteiger partial charge in [0.1, 0.15) is 12.3 Å². The lowest BCUT2D eigenvalue weighted by Gasteiger charge is -2.25. The molecule has 2 aromatic rings. The van der Waals surface area contributed by atoms with E-state index in [1.807, 2.05) is 6.92 Å². The van der Waals surface area contributed by atoms with Gasteiger partial charge in [0, 0.05) is 25.7 Å². The molecular formula is C23H26F3N3O5. The predicted molar refractivity (Wildman–Crippen MR) is 114 cm³/mol. The van der Waals surface area contributed by atoms with Crippen molar-refractivity contribution in [2.24, 2.45) is 10.9 Å². The van der Waals surface area contributed by atoms with Crippen molar-refractivity contribution in [3.05, 3.63) is 58.7 Å². The summed E-state index contributed by atoms with van der Waals surface area (Å²) in [5.74, 6) is -2.69. The third-order valence-electron chi connectivity index (χ3n) is 5.37. The van der Waals surface area contributed by atoms with Crippen molar-refractivity contribution in [2.45, 2.75) is 38.9 Å². The van der Waals surface area contributed by atoms with E-state index in [1.54, 1.807) is 30.3 Å². The van der Waals surface area contributed by atoms with Crippen LogP contribution in [0.25, 0.3) is 0 Å². The van der Waals surface area contributed by atoms with Crippen molar-refractivity contribution in [1.82, 2.24) is 9.63 Å². The molecule has 0 saturated heterocycles. The quantitative estimate of drug-likeness (QED) is 0.446. The first-order valence-electron chi connectivity index (χ1n) is 10.7. The van der Waals surface area contributed by atoms with Gasteiger partial charge in [-0.15, -0.1) is 0 Å². The average Bonchev–Trinajstić information content (AvgIpc) is 2.85. The van der Waals surface area contributed by atoms with E-state index in [1.165, 1.54) is 6.20 Å². The monoisotopic (exact) mass is 481 g/mol. The molecule has 2 N–H and O–H groups in total. The molecule has 1 aliphatic rings. The third-order valence-corrected chi connectivity index (χ3v) is 5.37. The molecule has 0 unspecified atom stereocenters. The second-order valence-electron chi connectivity index (χ2n) is 8.23. The van der Waals surface area contributed by atoms with E-state index < -0.39 is 36.9 Å². The Hall–Kier alpha value is -3.50. The smallest absolute Gasteiger partial charge is 0.406 e. The molecule has 1 aromatic carbocycles. The summed E-state index contributed by atoms with van der Waals surface area (Å²) in [7, 11) is 0. The number of halogens is 3. The summed E-state index contributed by atoms with van der Waals surface area (Å²) in [5.41, 5.74) is 2.48. The van der Waals surface area contributed by atoms with Gasteiger partial charge in [-0.25, -0.2) is 0 Å². The Bertz CT molecular complexity index is 1110. The summed E-state index contributed by atoms with van der Waals surface area (Å²) in [5, 5.41) is 18.8. The second-order valence-corrected chi connectivity index (χ2v) is 8.23. The zero-order valence-electron chi connectivity index (χ0n) is 18.6. The predicted octanol–water partition coefficient (Wildman–Crippen LogP) is 2.94. The van der Waals surface area contributed by atoms with E-state index >= 15 is 0 Å². The number of carbonyl (C=O) groups excluding carboxylic acids is 1. The molecule has 11 heteroatoms. The van der Waals surface area contributed by atoms with Crippen LogP contribution in [0.2, 0.25) is 0 Å². The SMILES string of the molecule is Cc1ccn(O)c(=NCCCOc2ccc3c(c2)CN(CC(F)(F)F)C(=O)[C@H](CC(=O)O)C3)c1. The van der Waals surface area contributed by atoms with Gasteiger partial charge in [0.05, 0.1) is 18.9 Å². The number of nitrogens with zero attached hydrogens (tertiary/aromatic N) is 3. The van der Waals surface area contributed by atoms with Crippen LogP contribution in [0, 0.1) is 12.8 Å². The molecule has 0 saturated carbocycles. The first-order chi connectivity index (χ1) is 16.0. The second kappa shape index (κ2) is 10.6. The first kappa shape index (κ1) is 25.1. The molecule has 8 nitrogen and oxygen atoms in total. The third kappa shape index (κ3) is 7.00. The Morgan fingerprint density at radius 1 is 1.24 bits per heavy atom. The zero-order chi connectivity index (χ0) is 24.9. The lowest BCUT2D eigenvalue weighted by Crippen LogP contribution is -2.41. The molecule has 1 amide bonds. The van der Waals surface area contributed by atoms with E-state index in [0.29, 0.717) is 40.2 Å². The van der Waals surface area contributed by atoms with Gasteiger partial charge in [-0.05, 0) is 54.3 Å². The van der Waals surface area contributed by atoms with Crippen LogP contribution in [-0.2, 0) is 22.6 Å². The number of amides is 1.